The van der Waals surface area contributed by atoms with E-state index in [0.29, 0.717) is 5.92 Å². The predicted molar refractivity (Wildman–Crippen MR) is 86.0 cm³/mol. The summed E-state index contributed by atoms with van der Waals surface area (Å²) in [5.74, 6) is 0.0877. The Hall–Kier alpha value is -1.88. The van der Waals surface area contributed by atoms with E-state index in [2.05, 4.69) is 12.2 Å². The van der Waals surface area contributed by atoms with Crippen LogP contribution in [0.15, 0.2) is 30.3 Å². The molecule has 3 N–H and O–H groups in total. The number of hydrogen-bond donors (Lipinski definition) is 2. The van der Waals surface area contributed by atoms with Gasteiger partial charge in [0.15, 0.2) is 0 Å². The van der Waals surface area contributed by atoms with Crippen LogP contribution in [0.4, 0.5) is 0 Å². The molecule has 0 bridgehead atoms. The van der Waals surface area contributed by atoms with E-state index in [9.17, 15) is 9.59 Å². The van der Waals surface area contributed by atoms with Gasteiger partial charge in [0.2, 0.25) is 11.8 Å². The molecule has 2 amide bonds. The number of benzene rings is 1. The Morgan fingerprint density at radius 1 is 1.36 bits per heavy atom. The summed E-state index contributed by atoms with van der Waals surface area (Å²) in [4.78, 5) is 25.3. The molecule has 1 saturated heterocycles. The molecule has 1 aromatic rings. The van der Waals surface area contributed by atoms with Gasteiger partial charge >= 0.3 is 0 Å². The minimum atomic E-state index is -0.482. The van der Waals surface area contributed by atoms with E-state index in [4.69, 9.17) is 5.73 Å². The summed E-state index contributed by atoms with van der Waals surface area (Å²) < 4.78 is 0. The van der Waals surface area contributed by atoms with E-state index in [1.807, 2.05) is 35.2 Å². The largest absolute Gasteiger partial charge is 0.368 e. The lowest BCUT2D eigenvalue weighted by molar-refractivity contribution is -0.131. The van der Waals surface area contributed by atoms with Crippen molar-refractivity contribution in [2.45, 2.75) is 38.8 Å². The lowest BCUT2D eigenvalue weighted by atomic mass is 9.88. The van der Waals surface area contributed by atoms with Crippen molar-refractivity contribution in [1.29, 1.82) is 0 Å². The topological polar surface area (TPSA) is 75.4 Å². The van der Waals surface area contributed by atoms with Gasteiger partial charge in [-0.25, -0.2) is 0 Å². The molecule has 1 aliphatic rings. The van der Waals surface area contributed by atoms with Gasteiger partial charge in [0.25, 0.3) is 0 Å². The van der Waals surface area contributed by atoms with Gasteiger partial charge in [-0.05, 0) is 17.9 Å². The van der Waals surface area contributed by atoms with Gasteiger partial charge in [-0.3, -0.25) is 14.9 Å². The van der Waals surface area contributed by atoms with E-state index in [1.165, 1.54) is 0 Å². The van der Waals surface area contributed by atoms with Crippen LogP contribution in [-0.4, -0.2) is 35.8 Å². The van der Waals surface area contributed by atoms with E-state index >= 15 is 0 Å². The van der Waals surface area contributed by atoms with E-state index < -0.39 is 6.04 Å². The molecule has 0 spiro atoms. The number of nitrogens with two attached hydrogens (primary N) is 1. The molecule has 0 aromatic heterocycles. The average Bonchev–Trinajstić information content (AvgIpc) is 2.52. The van der Waals surface area contributed by atoms with Crippen LogP contribution in [0.25, 0.3) is 0 Å². The van der Waals surface area contributed by atoms with Crippen LogP contribution in [0.2, 0.25) is 0 Å². The first kappa shape index (κ1) is 16.5. The van der Waals surface area contributed by atoms with Crippen molar-refractivity contribution in [3.05, 3.63) is 35.9 Å². The molecule has 1 fully saturated rings. The zero-order chi connectivity index (χ0) is 16.1. The fourth-order valence-electron chi connectivity index (χ4n) is 3.15. The Morgan fingerprint density at radius 2 is 2.05 bits per heavy atom. The normalized spacial score (nSPS) is 23.1. The zero-order valence-corrected chi connectivity index (χ0v) is 13.3. The second kappa shape index (κ2) is 7.40. The van der Waals surface area contributed by atoms with Gasteiger partial charge in [-0.1, -0.05) is 43.7 Å². The quantitative estimate of drug-likeness (QED) is 0.864. The minimum Gasteiger partial charge on any atom is -0.368 e. The van der Waals surface area contributed by atoms with Crippen molar-refractivity contribution < 1.29 is 9.59 Å². The SMILES string of the molecule is CCC1CN(C(C)=O)CCC1NC(C(N)=O)c1ccccc1. The lowest BCUT2D eigenvalue weighted by Crippen LogP contribution is -2.52. The van der Waals surface area contributed by atoms with E-state index in [0.717, 1.165) is 31.5 Å². The number of amides is 2. The van der Waals surface area contributed by atoms with Gasteiger partial charge in [-0.2, -0.15) is 0 Å². The van der Waals surface area contributed by atoms with Crippen LogP contribution in [-0.2, 0) is 9.59 Å². The molecule has 2 rings (SSSR count). The molecule has 3 unspecified atom stereocenters. The summed E-state index contributed by atoms with van der Waals surface area (Å²) in [6.45, 7) is 5.19. The fourth-order valence-corrected chi connectivity index (χ4v) is 3.15. The summed E-state index contributed by atoms with van der Waals surface area (Å²) in [6.07, 6.45) is 1.80. The van der Waals surface area contributed by atoms with E-state index in [1.54, 1.807) is 6.92 Å². The number of nitrogens with one attached hydrogen (secondary N) is 1. The summed E-state index contributed by atoms with van der Waals surface area (Å²) in [7, 11) is 0. The number of hydrogen-bond acceptors (Lipinski definition) is 3. The lowest BCUT2D eigenvalue weighted by Gasteiger charge is -2.39. The molecule has 1 aromatic carbocycles. The average molecular weight is 303 g/mol. The maximum Gasteiger partial charge on any atom is 0.239 e. The first-order valence-electron chi connectivity index (χ1n) is 7.88. The minimum absolute atomic E-state index is 0.117. The number of likely N-dealkylation sites (tertiary alicyclic amines) is 1. The zero-order valence-electron chi connectivity index (χ0n) is 13.3. The summed E-state index contributed by atoms with van der Waals surface area (Å²) in [5.41, 5.74) is 6.47. The second-order valence-electron chi connectivity index (χ2n) is 5.94. The van der Waals surface area contributed by atoms with Crippen molar-refractivity contribution in [3.8, 4) is 0 Å². The van der Waals surface area contributed by atoms with Crippen molar-refractivity contribution in [2.24, 2.45) is 11.7 Å². The first-order valence-corrected chi connectivity index (χ1v) is 7.88. The third-order valence-electron chi connectivity index (χ3n) is 4.50. The van der Waals surface area contributed by atoms with Gasteiger partial charge in [0.05, 0.1) is 0 Å². The Kier molecular flexibility index (Phi) is 5.55. The third kappa shape index (κ3) is 3.85. The Labute approximate surface area is 131 Å². The number of carbonyl (C=O) groups excluding carboxylic acids is 2. The highest BCUT2D eigenvalue weighted by Gasteiger charge is 2.32. The van der Waals surface area contributed by atoms with Gasteiger partial charge < -0.3 is 10.6 Å². The van der Waals surface area contributed by atoms with Crippen molar-refractivity contribution in [3.63, 3.8) is 0 Å². The molecule has 3 atom stereocenters. The molecular weight excluding hydrogens is 278 g/mol. The van der Waals surface area contributed by atoms with Gasteiger partial charge in [0, 0.05) is 26.1 Å². The monoisotopic (exact) mass is 303 g/mol. The van der Waals surface area contributed by atoms with Crippen molar-refractivity contribution in [2.75, 3.05) is 13.1 Å². The Morgan fingerprint density at radius 3 is 2.59 bits per heavy atom. The van der Waals surface area contributed by atoms with Gasteiger partial charge in [0.1, 0.15) is 6.04 Å². The molecule has 5 heteroatoms. The fraction of sp³-hybridized carbons (Fsp3) is 0.529. The van der Waals surface area contributed by atoms with Crippen molar-refractivity contribution >= 4 is 11.8 Å². The molecule has 120 valence electrons. The smallest absolute Gasteiger partial charge is 0.239 e. The van der Waals surface area contributed by atoms with E-state index in [-0.39, 0.29) is 17.9 Å². The second-order valence-corrected chi connectivity index (χ2v) is 5.94. The number of rotatable bonds is 5. The highest BCUT2D eigenvalue weighted by molar-refractivity contribution is 5.81. The highest BCUT2D eigenvalue weighted by Crippen LogP contribution is 2.23. The molecule has 5 nitrogen and oxygen atoms in total. The molecule has 1 aliphatic heterocycles. The van der Waals surface area contributed by atoms with Crippen LogP contribution < -0.4 is 11.1 Å². The summed E-state index contributed by atoms with van der Waals surface area (Å²) >= 11 is 0. The maximum atomic E-state index is 11.8. The van der Waals surface area contributed by atoms with Crippen molar-refractivity contribution in [1.82, 2.24) is 10.2 Å². The molecule has 1 heterocycles. The highest BCUT2D eigenvalue weighted by atomic mass is 16.2. The third-order valence-corrected chi connectivity index (χ3v) is 4.50. The first-order chi connectivity index (χ1) is 10.5. The molecular formula is C17H25N3O2. The number of nitrogens with zero attached hydrogens (tertiary/aromatic N) is 1. The number of primary amides is 1. The Bertz CT molecular complexity index is 518. The van der Waals surface area contributed by atoms with Crippen LogP contribution in [0.3, 0.4) is 0 Å². The molecule has 22 heavy (non-hydrogen) atoms. The number of piperidine rings is 1. The molecule has 0 radical (unpaired) electrons. The Balaban J connectivity index is 2.10. The van der Waals surface area contributed by atoms with Crippen LogP contribution in [0.5, 0.6) is 0 Å². The summed E-state index contributed by atoms with van der Waals surface area (Å²) in [5, 5.41) is 3.42. The standard InChI is InChI=1S/C17H25N3O2/c1-3-13-11-20(12(2)21)10-9-15(13)19-16(17(18)22)14-7-5-4-6-8-14/h4-8,13,15-16,19H,3,9-11H2,1-2H3,(H2,18,22). The van der Waals surface area contributed by atoms with Gasteiger partial charge in [-0.15, -0.1) is 0 Å². The summed E-state index contributed by atoms with van der Waals surface area (Å²) in [6, 6.07) is 9.26. The molecule has 0 saturated carbocycles. The molecule has 0 aliphatic carbocycles. The number of carbonyl (C=O) groups is 2. The van der Waals surface area contributed by atoms with Crippen LogP contribution in [0.1, 0.15) is 38.3 Å². The predicted octanol–water partition coefficient (Wildman–Crippen LogP) is 1.45. The van der Waals surface area contributed by atoms with Crippen LogP contribution in [0, 0.1) is 5.92 Å². The van der Waals surface area contributed by atoms with Crippen LogP contribution >= 0.6 is 0 Å². The maximum absolute atomic E-state index is 11.8.